The van der Waals surface area contributed by atoms with Gasteiger partial charge in [-0.05, 0) is 13.0 Å². The molecule has 1 aromatic heterocycles. The number of hydrogen-bond donors (Lipinski definition) is 0. The van der Waals surface area contributed by atoms with Crippen molar-refractivity contribution in [1.29, 1.82) is 0 Å². The lowest BCUT2D eigenvalue weighted by Crippen LogP contribution is -1.73. The highest BCUT2D eigenvalue weighted by molar-refractivity contribution is 7.16. The molecule has 0 fully saturated rings. The molecule has 0 radical (unpaired) electrons. The summed E-state index contributed by atoms with van der Waals surface area (Å²) in [5.74, 6) is 0. The highest BCUT2D eigenvalue weighted by Gasteiger charge is 2.00. The number of thiophene rings is 1. The van der Waals surface area contributed by atoms with Crippen molar-refractivity contribution in [3.63, 3.8) is 0 Å². The molecule has 0 amide bonds. The summed E-state index contributed by atoms with van der Waals surface area (Å²) in [4.78, 5) is 11.2. The first-order valence-corrected chi connectivity index (χ1v) is 3.64. The molecular weight excluding hydrogens is 156 g/mol. The second-order valence-electron chi connectivity index (χ2n) is 1.68. The van der Waals surface area contributed by atoms with Gasteiger partial charge in [0.2, 0.25) is 0 Å². The van der Waals surface area contributed by atoms with Crippen LogP contribution in [0.2, 0.25) is 4.34 Å². The second kappa shape index (κ2) is 2.50. The highest BCUT2D eigenvalue weighted by Crippen LogP contribution is 2.24. The maximum atomic E-state index is 10.2. The molecular formula is C6H5ClOS. The Morgan fingerprint density at radius 2 is 2.44 bits per heavy atom. The number of aldehydes is 1. The summed E-state index contributed by atoms with van der Waals surface area (Å²) < 4.78 is 0.676. The van der Waals surface area contributed by atoms with Gasteiger partial charge in [-0.1, -0.05) is 11.6 Å². The van der Waals surface area contributed by atoms with Gasteiger partial charge in [0.25, 0.3) is 0 Å². The lowest BCUT2D eigenvalue weighted by atomic mass is 10.3. The van der Waals surface area contributed by atoms with Gasteiger partial charge in [0.15, 0.2) is 6.29 Å². The van der Waals surface area contributed by atoms with Gasteiger partial charge >= 0.3 is 0 Å². The zero-order valence-corrected chi connectivity index (χ0v) is 6.42. The van der Waals surface area contributed by atoms with Crippen molar-refractivity contribution in [2.24, 2.45) is 0 Å². The van der Waals surface area contributed by atoms with Gasteiger partial charge in [-0.15, -0.1) is 11.3 Å². The second-order valence-corrected chi connectivity index (χ2v) is 3.57. The highest BCUT2D eigenvalue weighted by atomic mass is 35.5. The van der Waals surface area contributed by atoms with Crippen LogP contribution in [0.25, 0.3) is 0 Å². The summed E-state index contributed by atoms with van der Waals surface area (Å²) in [5.41, 5.74) is 0.699. The smallest absolute Gasteiger partial charge is 0.151 e. The van der Waals surface area contributed by atoms with Crippen molar-refractivity contribution in [3.8, 4) is 0 Å². The normalized spacial score (nSPS) is 9.56. The molecule has 1 nitrogen and oxygen atoms in total. The first-order valence-electron chi connectivity index (χ1n) is 2.45. The molecule has 0 aromatic carbocycles. The van der Waals surface area contributed by atoms with Crippen molar-refractivity contribution in [1.82, 2.24) is 0 Å². The molecule has 9 heavy (non-hydrogen) atoms. The third-order valence-electron chi connectivity index (χ3n) is 1.05. The predicted molar refractivity (Wildman–Crippen MR) is 39.5 cm³/mol. The van der Waals surface area contributed by atoms with E-state index in [0.29, 0.717) is 9.90 Å². The fourth-order valence-electron chi connectivity index (χ4n) is 0.576. The third kappa shape index (κ3) is 1.32. The van der Waals surface area contributed by atoms with Crippen LogP contribution in [0.3, 0.4) is 0 Å². The molecule has 0 aliphatic heterocycles. The van der Waals surface area contributed by atoms with E-state index in [1.54, 1.807) is 6.07 Å². The molecule has 0 spiro atoms. The van der Waals surface area contributed by atoms with Crippen molar-refractivity contribution >= 4 is 29.2 Å². The number of rotatable bonds is 1. The predicted octanol–water partition coefficient (Wildman–Crippen LogP) is 2.52. The lowest BCUT2D eigenvalue weighted by molar-refractivity contribution is 0.112. The molecule has 0 unspecified atom stereocenters. The van der Waals surface area contributed by atoms with Crippen LogP contribution < -0.4 is 0 Å². The van der Waals surface area contributed by atoms with E-state index < -0.39 is 0 Å². The van der Waals surface area contributed by atoms with Crippen LogP contribution in [-0.4, -0.2) is 6.29 Å². The number of carbonyl (C=O) groups is 1. The Morgan fingerprint density at radius 3 is 2.67 bits per heavy atom. The van der Waals surface area contributed by atoms with E-state index in [1.807, 2.05) is 6.92 Å². The van der Waals surface area contributed by atoms with Crippen LogP contribution in [0.4, 0.5) is 0 Å². The van der Waals surface area contributed by atoms with Gasteiger partial charge in [0.05, 0.1) is 4.34 Å². The van der Waals surface area contributed by atoms with Crippen LogP contribution in [0.15, 0.2) is 6.07 Å². The third-order valence-corrected chi connectivity index (χ3v) is 2.25. The summed E-state index contributed by atoms with van der Waals surface area (Å²) in [6.45, 7) is 1.88. The first-order chi connectivity index (χ1) is 4.24. The van der Waals surface area contributed by atoms with Gasteiger partial charge in [0, 0.05) is 10.4 Å². The number of carbonyl (C=O) groups excluding carboxylic acids is 1. The van der Waals surface area contributed by atoms with Crippen molar-refractivity contribution in [2.75, 3.05) is 0 Å². The first kappa shape index (κ1) is 6.78. The zero-order valence-electron chi connectivity index (χ0n) is 4.85. The lowest BCUT2D eigenvalue weighted by Gasteiger charge is -1.78. The Morgan fingerprint density at radius 1 is 1.78 bits per heavy atom. The van der Waals surface area contributed by atoms with E-state index in [1.165, 1.54) is 11.3 Å². The molecule has 3 heteroatoms. The molecule has 1 aromatic rings. The maximum absolute atomic E-state index is 10.2. The van der Waals surface area contributed by atoms with Gasteiger partial charge in [-0.2, -0.15) is 0 Å². The average molecular weight is 161 g/mol. The molecule has 0 saturated heterocycles. The monoisotopic (exact) mass is 160 g/mol. The Labute approximate surface area is 62.3 Å². The Bertz CT molecular complexity index is 229. The Hall–Kier alpha value is -0.340. The van der Waals surface area contributed by atoms with Crippen molar-refractivity contribution in [2.45, 2.75) is 6.92 Å². The Kier molecular flexibility index (Phi) is 1.88. The van der Waals surface area contributed by atoms with Crippen LogP contribution in [0, 0.1) is 6.92 Å². The van der Waals surface area contributed by atoms with E-state index >= 15 is 0 Å². The quantitative estimate of drug-likeness (QED) is 0.577. The summed E-state index contributed by atoms with van der Waals surface area (Å²) >= 11 is 7.03. The molecule has 0 atom stereocenters. The number of hydrogen-bond acceptors (Lipinski definition) is 2. The Balaban J connectivity index is 3.15. The average Bonchev–Trinajstić information content (AvgIpc) is 2.10. The SMILES string of the molecule is Cc1sc(Cl)cc1C=O. The molecule has 0 bridgehead atoms. The summed E-state index contributed by atoms with van der Waals surface area (Å²) in [6.07, 6.45) is 0.817. The number of aryl methyl sites for hydroxylation is 1. The van der Waals surface area contributed by atoms with E-state index in [0.717, 1.165) is 11.2 Å². The van der Waals surface area contributed by atoms with E-state index in [-0.39, 0.29) is 0 Å². The molecule has 0 N–H and O–H groups in total. The van der Waals surface area contributed by atoms with Gasteiger partial charge in [-0.3, -0.25) is 4.79 Å². The van der Waals surface area contributed by atoms with E-state index in [2.05, 4.69) is 0 Å². The molecule has 1 rings (SSSR count). The summed E-state index contributed by atoms with van der Waals surface area (Å²) in [7, 11) is 0. The van der Waals surface area contributed by atoms with Crippen LogP contribution in [0.1, 0.15) is 15.2 Å². The molecule has 0 saturated carbocycles. The minimum Gasteiger partial charge on any atom is -0.298 e. The van der Waals surface area contributed by atoms with Crippen molar-refractivity contribution < 1.29 is 4.79 Å². The largest absolute Gasteiger partial charge is 0.298 e. The topological polar surface area (TPSA) is 17.1 Å². The van der Waals surface area contributed by atoms with Gasteiger partial charge in [0.1, 0.15) is 0 Å². The van der Waals surface area contributed by atoms with Gasteiger partial charge < -0.3 is 0 Å². The molecule has 0 aliphatic carbocycles. The van der Waals surface area contributed by atoms with E-state index in [4.69, 9.17) is 11.6 Å². The fraction of sp³-hybridized carbons (Fsp3) is 0.167. The van der Waals surface area contributed by atoms with Crippen LogP contribution >= 0.6 is 22.9 Å². The molecule has 48 valence electrons. The zero-order chi connectivity index (χ0) is 6.85. The minimum absolute atomic E-state index is 0.676. The van der Waals surface area contributed by atoms with E-state index in [9.17, 15) is 4.79 Å². The maximum Gasteiger partial charge on any atom is 0.151 e. The van der Waals surface area contributed by atoms with Crippen LogP contribution in [-0.2, 0) is 0 Å². The summed E-state index contributed by atoms with van der Waals surface area (Å²) in [5, 5.41) is 0. The number of halogens is 1. The molecule has 1 heterocycles. The standard InChI is InChI=1S/C6H5ClOS/c1-4-5(3-8)2-6(7)9-4/h2-3H,1H3. The van der Waals surface area contributed by atoms with Crippen molar-refractivity contribution in [3.05, 3.63) is 20.8 Å². The van der Waals surface area contributed by atoms with Crippen LogP contribution in [0.5, 0.6) is 0 Å². The minimum atomic E-state index is 0.676. The fourth-order valence-corrected chi connectivity index (χ4v) is 1.74. The van der Waals surface area contributed by atoms with Gasteiger partial charge in [-0.25, -0.2) is 0 Å². The molecule has 0 aliphatic rings. The summed E-state index contributed by atoms with van der Waals surface area (Å²) in [6, 6.07) is 1.68.